The Morgan fingerprint density at radius 3 is 1.59 bits per heavy atom. The van der Waals surface area contributed by atoms with Crippen molar-refractivity contribution < 1.29 is 0 Å². The first-order chi connectivity index (χ1) is 13.5. The fraction of sp³-hybridized carbons (Fsp3) is 0.920. The zero-order valence-corrected chi connectivity index (χ0v) is 21.1. The first kappa shape index (κ1) is 28.6. The van der Waals surface area contributed by atoms with Gasteiger partial charge >= 0.3 is 0 Å². The van der Waals surface area contributed by atoms with E-state index in [1.807, 2.05) is 0 Å². The van der Waals surface area contributed by atoms with Crippen LogP contribution in [0.5, 0.6) is 0 Å². The highest BCUT2D eigenvalue weighted by atomic mass is 15.0. The van der Waals surface area contributed by atoms with Gasteiger partial charge in [0.2, 0.25) is 0 Å². The van der Waals surface area contributed by atoms with Crippen molar-refractivity contribution in [3.8, 4) is 0 Å². The maximum absolute atomic E-state index is 3.67. The van der Waals surface area contributed by atoms with Crippen LogP contribution in [-0.4, -0.2) is 49.3 Å². The predicted octanol–water partition coefficient (Wildman–Crippen LogP) is 5.01. The van der Waals surface area contributed by atoms with E-state index in [9.17, 15) is 0 Å². The van der Waals surface area contributed by atoms with Crippen molar-refractivity contribution in [3.05, 3.63) is 12.2 Å². The molecule has 0 aromatic carbocycles. The van der Waals surface area contributed by atoms with Gasteiger partial charge in [0.1, 0.15) is 0 Å². The third-order valence-electron chi connectivity index (χ3n) is 6.11. The summed E-state index contributed by atoms with van der Waals surface area (Å²) in [4.78, 5) is 0. The Labute approximate surface area is 183 Å². The van der Waals surface area contributed by atoms with E-state index in [0.29, 0.717) is 0 Å². The Kier molecular flexibility index (Phi) is 15.2. The number of nitrogens with one attached hydrogen (secondary N) is 4. The summed E-state index contributed by atoms with van der Waals surface area (Å²) in [6, 6.07) is 0. The monoisotopic (exact) mass is 410 g/mol. The predicted molar refractivity (Wildman–Crippen MR) is 132 cm³/mol. The molecule has 0 bridgehead atoms. The lowest BCUT2D eigenvalue weighted by Gasteiger charge is -2.27. The van der Waals surface area contributed by atoms with Crippen molar-refractivity contribution >= 4 is 0 Å². The number of hydrogen-bond acceptors (Lipinski definition) is 4. The molecule has 174 valence electrons. The van der Waals surface area contributed by atoms with Crippen LogP contribution in [0.25, 0.3) is 0 Å². The first-order valence-electron chi connectivity index (χ1n) is 12.1. The van der Waals surface area contributed by atoms with Gasteiger partial charge in [-0.1, -0.05) is 32.4 Å². The Balaban J connectivity index is 3.60. The average molecular weight is 411 g/mol. The van der Waals surface area contributed by atoms with E-state index in [1.165, 1.54) is 44.9 Å². The molecule has 4 N–H and O–H groups in total. The number of unbranched alkanes of at least 4 members (excludes halogenated alkanes) is 2. The largest absolute Gasteiger partial charge is 0.313 e. The minimum atomic E-state index is 0.206. The Bertz CT molecular complexity index is 413. The smallest absolute Gasteiger partial charge is 0.0140 e. The van der Waals surface area contributed by atoms with Crippen LogP contribution in [0.2, 0.25) is 0 Å². The van der Waals surface area contributed by atoms with Gasteiger partial charge in [-0.2, -0.15) is 0 Å². The van der Waals surface area contributed by atoms with E-state index >= 15 is 0 Å². The van der Waals surface area contributed by atoms with Crippen LogP contribution in [0.4, 0.5) is 0 Å². The van der Waals surface area contributed by atoms with Gasteiger partial charge in [0.05, 0.1) is 0 Å². The van der Waals surface area contributed by atoms with Crippen molar-refractivity contribution in [1.29, 1.82) is 0 Å². The summed E-state index contributed by atoms with van der Waals surface area (Å²) < 4.78 is 0. The van der Waals surface area contributed by atoms with Crippen LogP contribution in [-0.2, 0) is 0 Å². The second-order valence-electron chi connectivity index (χ2n) is 10.4. The molecule has 29 heavy (non-hydrogen) atoms. The van der Waals surface area contributed by atoms with E-state index in [1.54, 1.807) is 0 Å². The normalized spacial score (nSPS) is 13.5. The first-order valence-corrected chi connectivity index (χ1v) is 12.1. The van der Waals surface area contributed by atoms with Gasteiger partial charge in [0.25, 0.3) is 0 Å². The fourth-order valence-corrected chi connectivity index (χ4v) is 2.95. The molecule has 0 saturated carbocycles. The van der Waals surface area contributed by atoms with E-state index < -0.39 is 0 Å². The van der Waals surface area contributed by atoms with Crippen molar-refractivity contribution in [2.75, 3.05) is 32.7 Å². The molecule has 0 atom stereocenters. The lowest BCUT2D eigenvalue weighted by Crippen LogP contribution is -2.40. The summed E-state index contributed by atoms with van der Waals surface area (Å²) in [5.74, 6) is 0. The fourth-order valence-electron chi connectivity index (χ4n) is 2.95. The molecule has 4 heteroatoms. The molecule has 0 spiro atoms. The highest BCUT2D eigenvalue weighted by Crippen LogP contribution is 2.13. The topological polar surface area (TPSA) is 48.1 Å². The van der Waals surface area contributed by atoms with Crippen molar-refractivity contribution in [2.45, 2.75) is 117 Å². The molecular weight excluding hydrogens is 356 g/mol. The van der Waals surface area contributed by atoms with E-state index in [0.717, 1.165) is 32.7 Å². The maximum atomic E-state index is 3.67. The lowest BCUT2D eigenvalue weighted by molar-refractivity contribution is 0.342. The molecule has 0 aliphatic heterocycles. The standard InChI is InChI=1S/C25H54N4/c1-9-23(3,4)27-20-12-11-17-25(7,8)29-22-16-14-19-26-18-13-15-21-28-24(5,6)10-2/h14,16,26-29H,9-13,15,17-22H2,1-8H3/b16-14-. The van der Waals surface area contributed by atoms with Gasteiger partial charge in [-0.15, -0.1) is 0 Å². The molecule has 0 unspecified atom stereocenters. The van der Waals surface area contributed by atoms with E-state index in [4.69, 9.17) is 0 Å². The SMILES string of the molecule is CCC(C)(C)NCCCCNC/C=C\CNC(C)(C)CCCCNC(C)(C)CC. The quantitative estimate of drug-likeness (QED) is 0.179. The second-order valence-corrected chi connectivity index (χ2v) is 10.4. The molecule has 0 fully saturated rings. The van der Waals surface area contributed by atoms with Crippen LogP contribution in [0.1, 0.15) is 100 Å². The molecule has 0 saturated heterocycles. The van der Waals surface area contributed by atoms with Crippen molar-refractivity contribution in [1.82, 2.24) is 21.3 Å². The van der Waals surface area contributed by atoms with Crippen molar-refractivity contribution in [3.63, 3.8) is 0 Å². The van der Waals surface area contributed by atoms with Gasteiger partial charge in [-0.05, 0) is 99.7 Å². The summed E-state index contributed by atoms with van der Waals surface area (Å²) in [5, 5.41) is 14.5. The molecular formula is C25H54N4. The average Bonchev–Trinajstić information content (AvgIpc) is 2.65. The molecule has 0 aromatic heterocycles. The van der Waals surface area contributed by atoms with Crippen LogP contribution in [0, 0.1) is 0 Å². The summed E-state index contributed by atoms with van der Waals surface area (Å²) in [6.45, 7) is 23.5. The number of rotatable bonds is 19. The molecule has 0 heterocycles. The highest BCUT2D eigenvalue weighted by Gasteiger charge is 2.16. The second kappa shape index (κ2) is 15.4. The minimum absolute atomic E-state index is 0.206. The minimum Gasteiger partial charge on any atom is -0.313 e. The van der Waals surface area contributed by atoms with Gasteiger partial charge < -0.3 is 21.3 Å². The highest BCUT2D eigenvalue weighted by molar-refractivity contribution is 4.89. The molecule has 0 aliphatic rings. The Morgan fingerprint density at radius 1 is 0.552 bits per heavy atom. The molecule has 0 aliphatic carbocycles. The van der Waals surface area contributed by atoms with E-state index in [-0.39, 0.29) is 16.6 Å². The summed E-state index contributed by atoms with van der Waals surface area (Å²) in [6.07, 6.45) is 13.1. The van der Waals surface area contributed by atoms with Crippen LogP contribution < -0.4 is 21.3 Å². The summed E-state index contributed by atoms with van der Waals surface area (Å²) >= 11 is 0. The molecule has 0 radical (unpaired) electrons. The Hall–Kier alpha value is -0.420. The molecule has 0 rings (SSSR count). The molecule has 4 nitrogen and oxygen atoms in total. The summed E-state index contributed by atoms with van der Waals surface area (Å²) in [7, 11) is 0. The third-order valence-corrected chi connectivity index (χ3v) is 6.11. The zero-order valence-electron chi connectivity index (χ0n) is 21.1. The Morgan fingerprint density at radius 2 is 1.03 bits per heavy atom. The van der Waals surface area contributed by atoms with Gasteiger partial charge in [0.15, 0.2) is 0 Å². The van der Waals surface area contributed by atoms with Gasteiger partial charge in [0, 0.05) is 29.7 Å². The third kappa shape index (κ3) is 18.1. The van der Waals surface area contributed by atoms with Gasteiger partial charge in [-0.25, -0.2) is 0 Å². The van der Waals surface area contributed by atoms with E-state index in [2.05, 4.69) is 88.8 Å². The van der Waals surface area contributed by atoms with Crippen molar-refractivity contribution in [2.24, 2.45) is 0 Å². The van der Waals surface area contributed by atoms with Crippen LogP contribution >= 0.6 is 0 Å². The molecule has 0 amide bonds. The lowest BCUT2D eigenvalue weighted by atomic mass is 9.96. The number of hydrogen-bond donors (Lipinski definition) is 4. The van der Waals surface area contributed by atoms with Crippen LogP contribution in [0.3, 0.4) is 0 Å². The maximum Gasteiger partial charge on any atom is 0.0140 e. The zero-order chi connectivity index (χ0) is 22.2. The molecule has 0 aromatic rings. The van der Waals surface area contributed by atoms with Crippen LogP contribution in [0.15, 0.2) is 12.2 Å². The van der Waals surface area contributed by atoms with Gasteiger partial charge in [-0.3, -0.25) is 0 Å². The summed E-state index contributed by atoms with van der Waals surface area (Å²) in [5.41, 5.74) is 0.757.